The van der Waals surface area contributed by atoms with Crippen molar-refractivity contribution in [3.63, 3.8) is 0 Å². The molecule has 0 saturated heterocycles. The Morgan fingerprint density at radius 1 is 1.05 bits per heavy atom. The smallest absolute Gasteiger partial charge is 0.0588 e. The Morgan fingerprint density at radius 3 is 2.60 bits per heavy atom. The summed E-state index contributed by atoms with van der Waals surface area (Å²) in [4.78, 5) is 3.45. The molecule has 3 rings (SSSR count). The number of hydrogen-bond donors (Lipinski definition) is 1. The van der Waals surface area contributed by atoms with Crippen LogP contribution in [0.2, 0.25) is 0 Å². The van der Waals surface area contributed by atoms with E-state index in [-0.39, 0.29) is 5.38 Å². The number of aromatic amines is 1. The molecule has 0 amide bonds. The van der Waals surface area contributed by atoms with E-state index in [1.165, 1.54) is 33.8 Å². The Morgan fingerprint density at radius 2 is 1.80 bits per heavy atom. The van der Waals surface area contributed by atoms with Gasteiger partial charge in [-0.05, 0) is 36.1 Å². The van der Waals surface area contributed by atoms with Crippen molar-refractivity contribution in [3.05, 3.63) is 48.0 Å². The number of benzene rings is 2. The molecular formula is C18H20ClN. The lowest BCUT2D eigenvalue weighted by molar-refractivity contribution is 0.508. The monoisotopic (exact) mass is 285 g/mol. The van der Waals surface area contributed by atoms with E-state index in [2.05, 4.69) is 61.3 Å². The van der Waals surface area contributed by atoms with Gasteiger partial charge in [0.1, 0.15) is 0 Å². The lowest BCUT2D eigenvalue weighted by Gasteiger charge is -2.14. The van der Waals surface area contributed by atoms with Crippen molar-refractivity contribution in [2.24, 2.45) is 5.92 Å². The third-order valence-electron chi connectivity index (χ3n) is 4.20. The molecule has 0 aliphatic rings. The Balaban J connectivity index is 2.03. The first-order valence-corrected chi connectivity index (χ1v) is 7.77. The molecule has 2 aromatic carbocycles. The van der Waals surface area contributed by atoms with Gasteiger partial charge in [-0.25, -0.2) is 0 Å². The lowest BCUT2D eigenvalue weighted by atomic mass is 9.97. The molecule has 2 heteroatoms. The van der Waals surface area contributed by atoms with Gasteiger partial charge in [-0.2, -0.15) is 0 Å². The quantitative estimate of drug-likeness (QED) is 0.563. The van der Waals surface area contributed by atoms with Gasteiger partial charge in [-0.3, -0.25) is 0 Å². The average molecular weight is 286 g/mol. The molecule has 2 atom stereocenters. The van der Waals surface area contributed by atoms with E-state index in [0.717, 1.165) is 6.42 Å². The van der Waals surface area contributed by atoms with Crippen molar-refractivity contribution >= 4 is 33.4 Å². The van der Waals surface area contributed by atoms with Gasteiger partial charge >= 0.3 is 0 Å². The summed E-state index contributed by atoms with van der Waals surface area (Å²) in [6.45, 7) is 4.48. The number of aromatic nitrogens is 1. The molecule has 1 N–H and O–H groups in total. The molecule has 1 heterocycles. The number of nitrogens with one attached hydrogen (secondary N) is 1. The Hall–Kier alpha value is -1.47. The van der Waals surface area contributed by atoms with Crippen LogP contribution in [0.5, 0.6) is 0 Å². The van der Waals surface area contributed by atoms with Gasteiger partial charge in [0, 0.05) is 21.8 Å². The molecule has 0 aliphatic heterocycles. The molecular weight excluding hydrogens is 266 g/mol. The van der Waals surface area contributed by atoms with E-state index in [1.807, 2.05) is 0 Å². The standard InChI is InChI=1S/C18H20ClN/c1-3-12(2)10-16(19)13-8-9-18-15(11-13)14-6-4-5-7-17(14)20-18/h4-9,11-12,16,20H,3,10H2,1-2H3. The van der Waals surface area contributed by atoms with Crippen LogP contribution in [0, 0.1) is 5.92 Å². The maximum atomic E-state index is 6.59. The van der Waals surface area contributed by atoms with Crippen LogP contribution in [0.15, 0.2) is 42.5 Å². The van der Waals surface area contributed by atoms with Crippen LogP contribution in [-0.4, -0.2) is 4.98 Å². The summed E-state index contributed by atoms with van der Waals surface area (Å²) in [5.41, 5.74) is 3.60. The minimum atomic E-state index is 0.100. The average Bonchev–Trinajstić information content (AvgIpc) is 2.84. The first-order valence-electron chi connectivity index (χ1n) is 7.33. The number of hydrogen-bond acceptors (Lipinski definition) is 0. The highest BCUT2D eigenvalue weighted by Gasteiger charge is 2.13. The maximum Gasteiger partial charge on any atom is 0.0588 e. The number of rotatable bonds is 4. The fourth-order valence-corrected chi connectivity index (χ4v) is 3.16. The van der Waals surface area contributed by atoms with E-state index >= 15 is 0 Å². The lowest BCUT2D eigenvalue weighted by Crippen LogP contribution is -1.98. The van der Waals surface area contributed by atoms with Gasteiger partial charge in [-0.15, -0.1) is 11.6 Å². The zero-order valence-corrected chi connectivity index (χ0v) is 12.7. The van der Waals surface area contributed by atoms with E-state index in [1.54, 1.807) is 0 Å². The molecule has 0 aliphatic carbocycles. The predicted octanol–water partition coefficient (Wildman–Crippen LogP) is 6.04. The molecule has 0 radical (unpaired) electrons. The van der Waals surface area contributed by atoms with Gasteiger partial charge in [0.15, 0.2) is 0 Å². The van der Waals surface area contributed by atoms with Crippen LogP contribution in [-0.2, 0) is 0 Å². The summed E-state index contributed by atoms with van der Waals surface area (Å²) >= 11 is 6.59. The summed E-state index contributed by atoms with van der Waals surface area (Å²) in [5, 5.41) is 2.65. The summed E-state index contributed by atoms with van der Waals surface area (Å²) < 4.78 is 0. The first-order chi connectivity index (χ1) is 9.69. The van der Waals surface area contributed by atoms with Gasteiger partial charge in [0.2, 0.25) is 0 Å². The van der Waals surface area contributed by atoms with Crippen molar-refractivity contribution in [2.45, 2.75) is 32.1 Å². The van der Waals surface area contributed by atoms with E-state index in [0.29, 0.717) is 5.92 Å². The SMILES string of the molecule is CCC(C)CC(Cl)c1ccc2[nH]c3ccccc3c2c1. The van der Waals surface area contributed by atoms with E-state index in [9.17, 15) is 0 Å². The second-order valence-corrected chi connectivity index (χ2v) is 6.22. The second-order valence-electron chi connectivity index (χ2n) is 5.69. The summed E-state index contributed by atoms with van der Waals surface area (Å²) in [5.74, 6) is 0.663. The Bertz CT molecular complexity index is 728. The molecule has 1 aromatic heterocycles. The van der Waals surface area contributed by atoms with E-state index < -0.39 is 0 Å². The molecule has 0 spiro atoms. The van der Waals surface area contributed by atoms with Crippen molar-refractivity contribution in [1.29, 1.82) is 0 Å². The van der Waals surface area contributed by atoms with Crippen molar-refractivity contribution in [3.8, 4) is 0 Å². The van der Waals surface area contributed by atoms with Gasteiger partial charge in [0.25, 0.3) is 0 Å². The van der Waals surface area contributed by atoms with E-state index in [4.69, 9.17) is 11.6 Å². The van der Waals surface area contributed by atoms with Crippen LogP contribution in [0.25, 0.3) is 21.8 Å². The molecule has 2 unspecified atom stereocenters. The normalized spacial score (nSPS) is 14.8. The highest BCUT2D eigenvalue weighted by Crippen LogP contribution is 2.33. The highest BCUT2D eigenvalue weighted by molar-refractivity contribution is 6.21. The first kappa shape index (κ1) is 13.5. The van der Waals surface area contributed by atoms with Crippen LogP contribution in [0.3, 0.4) is 0 Å². The van der Waals surface area contributed by atoms with Crippen molar-refractivity contribution in [1.82, 2.24) is 4.98 Å². The fraction of sp³-hybridized carbons (Fsp3) is 0.333. The molecule has 0 fully saturated rings. The zero-order valence-electron chi connectivity index (χ0n) is 12.0. The van der Waals surface area contributed by atoms with Crippen LogP contribution >= 0.6 is 11.6 Å². The third-order valence-corrected chi connectivity index (χ3v) is 4.63. The molecule has 1 nitrogen and oxygen atoms in total. The van der Waals surface area contributed by atoms with Crippen LogP contribution in [0.1, 0.15) is 37.6 Å². The molecule has 0 bridgehead atoms. The number of para-hydroxylation sites is 1. The summed E-state index contributed by atoms with van der Waals surface area (Å²) in [6.07, 6.45) is 2.21. The number of halogens is 1. The number of H-pyrrole nitrogens is 1. The summed E-state index contributed by atoms with van der Waals surface area (Å²) in [7, 11) is 0. The Kier molecular flexibility index (Phi) is 3.71. The highest BCUT2D eigenvalue weighted by atomic mass is 35.5. The van der Waals surface area contributed by atoms with Gasteiger partial charge in [0.05, 0.1) is 5.38 Å². The molecule has 3 aromatic rings. The fourth-order valence-electron chi connectivity index (χ4n) is 2.72. The number of alkyl halides is 1. The minimum Gasteiger partial charge on any atom is -0.355 e. The predicted molar refractivity (Wildman–Crippen MR) is 88.5 cm³/mol. The molecule has 104 valence electrons. The Labute approximate surface area is 124 Å². The van der Waals surface area contributed by atoms with Crippen molar-refractivity contribution < 1.29 is 0 Å². The third kappa shape index (κ3) is 2.43. The molecule has 0 saturated carbocycles. The minimum absolute atomic E-state index is 0.100. The topological polar surface area (TPSA) is 15.8 Å². The summed E-state index contributed by atoms with van der Waals surface area (Å²) in [6, 6.07) is 15.0. The van der Waals surface area contributed by atoms with Gasteiger partial charge < -0.3 is 4.98 Å². The van der Waals surface area contributed by atoms with Gasteiger partial charge in [-0.1, -0.05) is 44.5 Å². The zero-order chi connectivity index (χ0) is 14.1. The second kappa shape index (κ2) is 5.49. The van der Waals surface area contributed by atoms with Crippen molar-refractivity contribution in [2.75, 3.05) is 0 Å². The van der Waals surface area contributed by atoms with Crippen LogP contribution < -0.4 is 0 Å². The van der Waals surface area contributed by atoms with Crippen LogP contribution in [0.4, 0.5) is 0 Å². The largest absolute Gasteiger partial charge is 0.355 e. The number of fused-ring (bicyclic) bond motifs is 3. The maximum absolute atomic E-state index is 6.59. The molecule has 20 heavy (non-hydrogen) atoms.